The molecule has 0 amide bonds. The number of hydrogen-bond acceptors (Lipinski definition) is 3. The number of carboxylic acids is 1. The molecule has 1 aromatic rings. The van der Waals surface area contributed by atoms with Crippen molar-refractivity contribution in [1.29, 1.82) is 0 Å². The number of alkyl halides is 3. The fourth-order valence-electron chi connectivity index (χ4n) is 0.916. The van der Waals surface area contributed by atoms with Gasteiger partial charge < -0.3 is 14.8 Å². The molecule has 5 nitrogen and oxygen atoms in total. The van der Waals surface area contributed by atoms with E-state index in [1.54, 1.807) is 0 Å². The van der Waals surface area contributed by atoms with Gasteiger partial charge in [0.15, 0.2) is 5.69 Å². The number of nitrogens with zero attached hydrogens (tertiary/aromatic N) is 1. The minimum absolute atomic E-state index is 0. The number of nitrogens with one attached hydrogen (secondary N) is 1. The minimum Gasteiger partial charge on any atom is -0.480 e. The van der Waals surface area contributed by atoms with Crippen LogP contribution in [-0.2, 0) is 22.3 Å². The number of imidazole rings is 1. The zero-order valence-corrected chi connectivity index (χ0v) is 8.56. The van der Waals surface area contributed by atoms with Gasteiger partial charge in [-0.3, -0.25) is 0 Å². The Labute approximate surface area is 94.0 Å². The van der Waals surface area contributed by atoms with E-state index in [4.69, 9.17) is 5.11 Å². The average Bonchev–Trinajstić information content (AvgIpc) is 2.50. The maximum Gasteiger partial charge on any atom is 0.435 e. The van der Waals surface area contributed by atoms with Crippen molar-refractivity contribution in [3.63, 3.8) is 0 Å². The van der Waals surface area contributed by atoms with E-state index in [0.29, 0.717) is 0 Å². The first-order valence-electron chi connectivity index (χ1n) is 3.80. The van der Waals surface area contributed by atoms with Gasteiger partial charge in [-0.05, 0) is 0 Å². The molecule has 0 aliphatic carbocycles. The molecule has 0 aromatic carbocycles. The van der Waals surface area contributed by atoms with Gasteiger partial charge in [-0.1, -0.05) is 0 Å². The summed E-state index contributed by atoms with van der Waals surface area (Å²) in [5, 5.41) is 8.20. The Bertz CT molecular complexity index is 353. The highest BCUT2D eigenvalue weighted by Gasteiger charge is 2.36. The van der Waals surface area contributed by atoms with E-state index in [0.717, 1.165) is 6.33 Å². The van der Waals surface area contributed by atoms with E-state index in [9.17, 15) is 18.0 Å². The van der Waals surface area contributed by atoms with Crippen LogP contribution < -0.4 is 0 Å². The molecule has 0 aliphatic rings. The molecular weight excluding hydrogens is 253 g/mol. The molecule has 0 saturated heterocycles. The van der Waals surface area contributed by atoms with Crippen molar-refractivity contribution in [3.8, 4) is 0 Å². The van der Waals surface area contributed by atoms with Crippen LogP contribution in [0.25, 0.3) is 0 Å². The van der Waals surface area contributed by atoms with Crippen molar-refractivity contribution >= 4 is 18.4 Å². The standard InChI is InChI=1S/C7H7F3N2O3.ClH/c8-7(9,10)6-4(11-3-12-6)1-15-2-5(13)14;/h3H,1-2H2,(H,11,12)(H,13,14);1H. The van der Waals surface area contributed by atoms with Crippen LogP contribution in [0.5, 0.6) is 0 Å². The van der Waals surface area contributed by atoms with Gasteiger partial charge in [0.25, 0.3) is 0 Å². The number of H-pyrrole nitrogens is 1. The van der Waals surface area contributed by atoms with Gasteiger partial charge in [0.1, 0.15) is 6.61 Å². The van der Waals surface area contributed by atoms with Crippen LogP contribution in [0.15, 0.2) is 6.33 Å². The topological polar surface area (TPSA) is 75.2 Å². The zero-order chi connectivity index (χ0) is 11.5. The second kappa shape index (κ2) is 5.71. The van der Waals surface area contributed by atoms with Crippen molar-refractivity contribution in [1.82, 2.24) is 9.97 Å². The first-order chi connectivity index (χ1) is 6.91. The van der Waals surface area contributed by atoms with Crippen molar-refractivity contribution in [2.75, 3.05) is 6.61 Å². The van der Waals surface area contributed by atoms with Crippen LogP contribution in [0.4, 0.5) is 13.2 Å². The molecule has 0 aliphatic heterocycles. The summed E-state index contributed by atoms with van der Waals surface area (Å²) in [7, 11) is 0. The third-order valence-electron chi connectivity index (χ3n) is 1.46. The molecule has 0 atom stereocenters. The molecule has 0 fully saturated rings. The van der Waals surface area contributed by atoms with Gasteiger partial charge in [0.2, 0.25) is 0 Å². The lowest BCUT2D eigenvalue weighted by molar-refractivity contribution is -0.144. The monoisotopic (exact) mass is 260 g/mol. The Balaban J connectivity index is 0.00000225. The van der Waals surface area contributed by atoms with E-state index < -0.39 is 31.1 Å². The average molecular weight is 261 g/mol. The summed E-state index contributed by atoms with van der Waals surface area (Å²) in [6.07, 6.45) is -3.69. The number of carboxylic acid groups (broad SMARTS) is 1. The minimum atomic E-state index is -4.57. The van der Waals surface area contributed by atoms with Crippen LogP contribution in [-0.4, -0.2) is 27.7 Å². The van der Waals surface area contributed by atoms with Crippen molar-refractivity contribution < 1.29 is 27.8 Å². The molecule has 0 radical (unpaired) electrons. The zero-order valence-electron chi connectivity index (χ0n) is 7.74. The Kier molecular flexibility index (Phi) is 5.25. The Morgan fingerprint density at radius 1 is 1.56 bits per heavy atom. The van der Waals surface area contributed by atoms with Gasteiger partial charge in [0, 0.05) is 0 Å². The van der Waals surface area contributed by atoms with Crippen LogP contribution in [0.3, 0.4) is 0 Å². The molecule has 2 N–H and O–H groups in total. The molecule has 0 bridgehead atoms. The van der Waals surface area contributed by atoms with E-state index in [2.05, 4.69) is 14.7 Å². The van der Waals surface area contributed by atoms with Crippen LogP contribution in [0.1, 0.15) is 11.4 Å². The van der Waals surface area contributed by atoms with Gasteiger partial charge in [-0.2, -0.15) is 13.2 Å². The first kappa shape index (κ1) is 14.7. The molecular formula is C7H8ClF3N2O3. The molecule has 1 heterocycles. The molecule has 0 spiro atoms. The number of aromatic nitrogens is 2. The maximum absolute atomic E-state index is 12.2. The number of aromatic amines is 1. The highest BCUT2D eigenvalue weighted by Crippen LogP contribution is 2.29. The van der Waals surface area contributed by atoms with E-state index >= 15 is 0 Å². The van der Waals surface area contributed by atoms with Crippen LogP contribution >= 0.6 is 12.4 Å². The lowest BCUT2D eigenvalue weighted by Gasteiger charge is -2.05. The summed E-state index contributed by atoms with van der Waals surface area (Å²) in [6, 6.07) is 0. The summed E-state index contributed by atoms with van der Waals surface area (Å²) in [6.45, 7) is -1.13. The van der Waals surface area contributed by atoms with Crippen molar-refractivity contribution in [3.05, 3.63) is 17.7 Å². The third kappa shape index (κ3) is 4.07. The first-order valence-corrected chi connectivity index (χ1v) is 3.80. The summed E-state index contributed by atoms with van der Waals surface area (Å²) in [5.41, 5.74) is -1.38. The Hall–Kier alpha value is -1.28. The third-order valence-corrected chi connectivity index (χ3v) is 1.46. The fourth-order valence-corrected chi connectivity index (χ4v) is 0.916. The largest absolute Gasteiger partial charge is 0.480 e. The second-order valence-electron chi connectivity index (χ2n) is 2.61. The lowest BCUT2D eigenvalue weighted by Crippen LogP contribution is -2.12. The number of rotatable bonds is 4. The Morgan fingerprint density at radius 2 is 2.19 bits per heavy atom. The predicted octanol–water partition coefficient (Wildman–Crippen LogP) is 1.45. The molecule has 1 aromatic heterocycles. The van der Waals surface area contributed by atoms with E-state index in [1.165, 1.54) is 0 Å². The smallest absolute Gasteiger partial charge is 0.435 e. The summed E-state index contributed by atoms with van der Waals surface area (Å²) < 4.78 is 41.1. The molecule has 9 heteroatoms. The Morgan fingerprint density at radius 3 is 2.69 bits per heavy atom. The van der Waals surface area contributed by atoms with Crippen molar-refractivity contribution in [2.45, 2.75) is 12.8 Å². The lowest BCUT2D eigenvalue weighted by atomic mass is 10.3. The van der Waals surface area contributed by atoms with Crippen molar-refractivity contribution in [2.24, 2.45) is 0 Å². The SMILES string of the molecule is Cl.O=C(O)COCc1[nH]cnc1C(F)(F)F. The number of carbonyl (C=O) groups is 1. The summed E-state index contributed by atoms with van der Waals surface area (Å²) >= 11 is 0. The molecule has 16 heavy (non-hydrogen) atoms. The van der Waals surface area contributed by atoms with E-state index in [1.807, 2.05) is 0 Å². The number of aliphatic carboxylic acids is 1. The summed E-state index contributed by atoms with van der Waals surface area (Å²) in [4.78, 5) is 15.4. The highest BCUT2D eigenvalue weighted by atomic mass is 35.5. The normalized spacial score (nSPS) is 10.9. The fraction of sp³-hybridized carbons (Fsp3) is 0.429. The van der Waals surface area contributed by atoms with E-state index in [-0.39, 0.29) is 18.1 Å². The number of halogens is 4. The van der Waals surface area contributed by atoms with Gasteiger partial charge in [-0.25, -0.2) is 9.78 Å². The molecule has 1 rings (SSSR count). The predicted molar refractivity (Wildman–Crippen MR) is 48.1 cm³/mol. The van der Waals surface area contributed by atoms with Gasteiger partial charge in [-0.15, -0.1) is 12.4 Å². The van der Waals surface area contributed by atoms with Gasteiger partial charge in [0.05, 0.1) is 18.6 Å². The molecule has 92 valence electrons. The number of ether oxygens (including phenoxy) is 1. The summed E-state index contributed by atoms with van der Waals surface area (Å²) in [5.74, 6) is -1.25. The highest BCUT2D eigenvalue weighted by molar-refractivity contribution is 5.85. The maximum atomic E-state index is 12.2. The number of hydrogen-bond donors (Lipinski definition) is 2. The van der Waals surface area contributed by atoms with Crippen LogP contribution in [0.2, 0.25) is 0 Å². The quantitative estimate of drug-likeness (QED) is 0.859. The molecule has 0 saturated carbocycles. The van der Waals surface area contributed by atoms with Gasteiger partial charge >= 0.3 is 12.1 Å². The molecule has 0 unspecified atom stereocenters. The van der Waals surface area contributed by atoms with Crippen LogP contribution in [0, 0.1) is 0 Å². The second-order valence-corrected chi connectivity index (χ2v) is 2.61.